The van der Waals surface area contributed by atoms with Gasteiger partial charge in [-0.2, -0.15) is 0 Å². The molecule has 1 aromatic rings. The van der Waals surface area contributed by atoms with Crippen LogP contribution in [0.5, 0.6) is 0 Å². The van der Waals surface area contributed by atoms with E-state index in [2.05, 4.69) is 54.9 Å². The van der Waals surface area contributed by atoms with Crippen molar-refractivity contribution < 1.29 is 18.0 Å². The van der Waals surface area contributed by atoms with Crippen LogP contribution in [0, 0.1) is 17.8 Å². The number of nitrogens with one attached hydrogen (secondary N) is 2. The maximum atomic E-state index is 13.3. The molecule has 0 bridgehead atoms. The smallest absolute Gasteiger partial charge is 0.255 e. The molecule has 1 aromatic carbocycles. The molecule has 3 aliphatic carbocycles. The molecule has 1 saturated carbocycles. The third kappa shape index (κ3) is 11.3. The summed E-state index contributed by atoms with van der Waals surface area (Å²) < 4.78 is 25.2. The summed E-state index contributed by atoms with van der Waals surface area (Å²) in [6.45, 7) is 4.83. The number of rotatable bonds is 10. The van der Waals surface area contributed by atoms with E-state index in [4.69, 9.17) is 11.6 Å². The Morgan fingerprint density at radius 1 is 1.09 bits per heavy atom. The number of halogens is 1. The summed E-state index contributed by atoms with van der Waals surface area (Å²) in [5.41, 5.74) is 4.24. The summed E-state index contributed by atoms with van der Waals surface area (Å²) >= 11 is 6.14. The number of benzene rings is 1. The van der Waals surface area contributed by atoms with Gasteiger partial charge in [-0.25, -0.2) is 8.42 Å². The average molecular weight is 665 g/mol. The maximum Gasteiger partial charge on any atom is 0.255 e. The minimum atomic E-state index is -3.47. The van der Waals surface area contributed by atoms with Gasteiger partial charge in [0.05, 0.1) is 4.91 Å². The minimum Gasteiger partial charge on any atom is -0.352 e. The molecule has 46 heavy (non-hydrogen) atoms. The molecule has 248 valence electrons. The lowest BCUT2D eigenvalue weighted by atomic mass is 9.88. The van der Waals surface area contributed by atoms with Crippen molar-refractivity contribution in [2.75, 3.05) is 12.8 Å². The van der Waals surface area contributed by atoms with Gasteiger partial charge in [0.15, 0.2) is 9.84 Å². The molecule has 0 aromatic heterocycles. The lowest BCUT2D eigenvalue weighted by molar-refractivity contribution is -0.121. The quantitative estimate of drug-likeness (QED) is 0.245. The molecule has 3 atom stereocenters. The Kier molecular flexibility index (Phi) is 13.3. The molecule has 0 spiro atoms. The molecule has 0 radical (unpaired) electrons. The molecular formula is C38H49ClN2O4S. The fourth-order valence-electron chi connectivity index (χ4n) is 6.53. The summed E-state index contributed by atoms with van der Waals surface area (Å²) in [5, 5.41) is 6.62. The zero-order valence-electron chi connectivity index (χ0n) is 27.5. The molecule has 0 heterocycles. The van der Waals surface area contributed by atoms with Crippen LogP contribution in [0.3, 0.4) is 0 Å². The molecule has 0 saturated heterocycles. The Balaban J connectivity index is 1.37. The molecule has 4 rings (SSSR count). The Hall–Kier alpha value is -3.16. The first-order valence-corrected chi connectivity index (χ1v) is 18.9. The number of hydrogen-bond acceptors (Lipinski definition) is 4. The summed E-state index contributed by atoms with van der Waals surface area (Å²) in [6, 6.07) is 6.74. The topological polar surface area (TPSA) is 92.3 Å². The highest BCUT2D eigenvalue weighted by Gasteiger charge is 2.24. The van der Waals surface area contributed by atoms with Crippen molar-refractivity contribution in [2.24, 2.45) is 17.8 Å². The van der Waals surface area contributed by atoms with Gasteiger partial charge in [0.2, 0.25) is 5.91 Å². The summed E-state index contributed by atoms with van der Waals surface area (Å²) in [6.07, 6.45) is 25.2. The van der Waals surface area contributed by atoms with Crippen LogP contribution in [0.25, 0.3) is 0 Å². The molecule has 2 amide bonds. The number of allylic oxidation sites excluding steroid dienone is 8. The third-order valence-corrected chi connectivity index (χ3v) is 10.7. The van der Waals surface area contributed by atoms with E-state index in [1.165, 1.54) is 6.26 Å². The van der Waals surface area contributed by atoms with Crippen molar-refractivity contribution in [3.8, 4) is 0 Å². The van der Waals surface area contributed by atoms with Gasteiger partial charge in [-0.15, -0.1) is 0 Å². The van der Waals surface area contributed by atoms with E-state index < -0.39 is 9.84 Å². The van der Waals surface area contributed by atoms with Gasteiger partial charge in [0.1, 0.15) is 0 Å². The van der Waals surface area contributed by atoms with E-state index in [0.29, 0.717) is 53.4 Å². The Morgan fingerprint density at radius 3 is 2.65 bits per heavy atom. The number of sulfone groups is 1. The van der Waals surface area contributed by atoms with Crippen LogP contribution < -0.4 is 10.6 Å². The zero-order chi connectivity index (χ0) is 33.1. The normalized spacial score (nSPS) is 22.7. The monoisotopic (exact) mass is 664 g/mol. The minimum absolute atomic E-state index is 0.118. The highest BCUT2D eigenvalue weighted by Crippen LogP contribution is 2.35. The number of carbonyl (C=O) groups is 2. The molecule has 6 nitrogen and oxygen atoms in total. The van der Waals surface area contributed by atoms with E-state index in [-0.39, 0.29) is 16.7 Å². The van der Waals surface area contributed by atoms with E-state index in [1.807, 2.05) is 0 Å². The Labute approximate surface area is 280 Å². The SMILES string of the molecule is CC1=C(CCC2CCCC(CC(=O)NCC3=CC=CC(C)CC=C3)CC2)C(NC(=O)c2cccc(Cl)c2)=CC(S(C)(=O)=O)=CCC1. The predicted molar refractivity (Wildman–Crippen MR) is 189 cm³/mol. The van der Waals surface area contributed by atoms with E-state index in [9.17, 15) is 18.0 Å². The lowest BCUT2D eigenvalue weighted by Gasteiger charge is -2.22. The maximum absolute atomic E-state index is 13.3. The van der Waals surface area contributed by atoms with Gasteiger partial charge in [0, 0.05) is 35.5 Å². The standard InChI is InChI=1S/C38H49ClN2O4S/c1-27-9-4-14-31(15-5-10-27)26-40-37(42)23-30-13-7-12-29(19-20-30)21-22-35-28(2)11-6-18-34(46(3,44)45)25-36(35)41-38(43)32-16-8-17-33(39)24-32/h4-5,8-9,14-18,24-25,27,29-30H,6-7,10-13,19-23,26H2,1-3H3,(H,40,42)(H,41,43). The largest absolute Gasteiger partial charge is 0.352 e. The molecule has 3 unspecified atom stereocenters. The van der Waals surface area contributed by atoms with Gasteiger partial charge in [-0.3, -0.25) is 9.59 Å². The van der Waals surface area contributed by atoms with Crippen LogP contribution in [0.4, 0.5) is 0 Å². The zero-order valence-corrected chi connectivity index (χ0v) is 29.1. The third-order valence-electron chi connectivity index (χ3n) is 9.32. The average Bonchev–Trinajstić information content (AvgIpc) is 3.21. The van der Waals surface area contributed by atoms with E-state index in [1.54, 1.807) is 36.4 Å². The molecule has 2 N–H and O–H groups in total. The first kappa shape index (κ1) is 35.7. The number of hydrogen-bond donors (Lipinski definition) is 2. The highest BCUT2D eigenvalue weighted by molar-refractivity contribution is 7.94. The van der Waals surface area contributed by atoms with Crippen LogP contribution in [0.15, 0.2) is 94.1 Å². The van der Waals surface area contributed by atoms with Gasteiger partial charge >= 0.3 is 0 Å². The van der Waals surface area contributed by atoms with Crippen LogP contribution in [-0.4, -0.2) is 33.0 Å². The Morgan fingerprint density at radius 2 is 1.87 bits per heavy atom. The van der Waals surface area contributed by atoms with Crippen LogP contribution in [-0.2, 0) is 14.6 Å². The van der Waals surface area contributed by atoms with Gasteiger partial charge in [-0.1, -0.05) is 85.9 Å². The molecule has 0 aliphatic heterocycles. The first-order chi connectivity index (χ1) is 22.0. The first-order valence-electron chi connectivity index (χ1n) is 16.7. The molecule has 1 fully saturated rings. The van der Waals surface area contributed by atoms with E-state index >= 15 is 0 Å². The van der Waals surface area contributed by atoms with Gasteiger partial charge < -0.3 is 10.6 Å². The van der Waals surface area contributed by atoms with Crippen LogP contribution in [0.1, 0.15) is 94.8 Å². The van der Waals surface area contributed by atoms with Crippen molar-refractivity contribution in [3.05, 3.63) is 105 Å². The highest BCUT2D eigenvalue weighted by atomic mass is 35.5. The van der Waals surface area contributed by atoms with Gasteiger partial charge in [-0.05, 0) is 105 Å². The second-order valence-corrected chi connectivity index (χ2v) is 15.7. The second-order valence-electron chi connectivity index (χ2n) is 13.2. The van der Waals surface area contributed by atoms with Crippen molar-refractivity contribution in [2.45, 2.75) is 84.5 Å². The second kappa shape index (κ2) is 17.1. The lowest BCUT2D eigenvalue weighted by Crippen LogP contribution is -2.27. The van der Waals surface area contributed by atoms with Crippen LogP contribution in [0.2, 0.25) is 5.02 Å². The molecular weight excluding hydrogens is 616 g/mol. The summed E-state index contributed by atoms with van der Waals surface area (Å²) in [5.74, 6) is 1.21. The number of carbonyl (C=O) groups excluding carboxylic acids is 2. The molecule has 3 aliphatic rings. The van der Waals surface area contributed by atoms with E-state index in [0.717, 1.165) is 74.5 Å². The fraction of sp³-hybridized carbons (Fsp3) is 0.474. The summed E-state index contributed by atoms with van der Waals surface area (Å²) in [7, 11) is -3.47. The van der Waals surface area contributed by atoms with Crippen molar-refractivity contribution in [1.82, 2.24) is 10.6 Å². The summed E-state index contributed by atoms with van der Waals surface area (Å²) in [4.78, 5) is 26.3. The van der Waals surface area contributed by atoms with Gasteiger partial charge in [0.25, 0.3) is 5.91 Å². The molecule has 8 heteroatoms. The van der Waals surface area contributed by atoms with Crippen LogP contribution >= 0.6 is 11.6 Å². The van der Waals surface area contributed by atoms with Crippen molar-refractivity contribution in [1.29, 1.82) is 0 Å². The van der Waals surface area contributed by atoms with Crippen molar-refractivity contribution >= 4 is 33.3 Å². The number of amides is 2. The predicted octanol–water partition coefficient (Wildman–Crippen LogP) is 8.55. The fourth-order valence-corrected chi connectivity index (χ4v) is 7.47. The van der Waals surface area contributed by atoms with Crippen molar-refractivity contribution in [3.63, 3.8) is 0 Å². The Bertz CT molecular complexity index is 1560.